The Bertz CT molecular complexity index is 965. The van der Waals surface area contributed by atoms with E-state index in [1.165, 1.54) is 11.8 Å². The van der Waals surface area contributed by atoms with Crippen molar-refractivity contribution in [2.75, 3.05) is 12.9 Å². The molecule has 1 aliphatic carbocycles. The molecule has 0 bridgehead atoms. The van der Waals surface area contributed by atoms with Crippen LogP contribution in [0.1, 0.15) is 50.2 Å². The smallest absolute Gasteiger partial charge is 0.243 e. The number of carbonyl (C=O) groups is 2. The first-order valence-corrected chi connectivity index (χ1v) is 13.6. The van der Waals surface area contributed by atoms with E-state index in [9.17, 15) is 9.59 Å². The van der Waals surface area contributed by atoms with Crippen molar-refractivity contribution in [1.29, 1.82) is 0 Å². The Kier molecular flexibility index (Phi) is 10.4. The van der Waals surface area contributed by atoms with Gasteiger partial charge in [-0.15, -0.1) is 11.8 Å². The highest BCUT2D eigenvalue weighted by atomic mass is 35.5. The third-order valence-electron chi connectivity index (χ3n) is 6.08. The fourth-order valence-electron chi connectivity index (χ4n) is 4.18. The Balaban J connectivity index is 1.70. The molecular weight excluding hydrogens is 491 g/mol. The van der Waals surface area contributed by atoms with Gasteiger partial charge in [0.2, 0.25) is 11.8 Å². The summed E-state index contributed by atoms with van der Waals surface area (Å²) >= 11 is 13.8. The van der Waals surface area contributed by atoms with Crippen LogP contribution in [-0.4, -0.2) is 41.7 Å². The molecule has 2 aromatic rings. The van der Waals surface area contributed by atoms with E-state index in [0.717, 1.165) is 42.6 Å². The average molecular weight is 524 g/mol. The molecule has 0 unspecified atom stereocenters. The summed E-state index contributed by atoms with van der Waals surface area (Å²) < 4.78 is 5.20. The maximum atomic E-state index is 13.4. The van der Waals surface area contributed by atoms with Crippen LogP contribution in [0.25, 0.3) is 0 Å². The number of amides is 2. The van der Waals surface area contributed by atoms with Crippen LogP contribution in [0.3, 0.4) is 0 Å². The predicted molar refractivity (Wildman–Crippen MR) is 141 cm³/mol. The molecule has 1 atom stereocenters. The molecule has 0 radical (unpaired) electrons. The molecule has 1 N–H and O–H groups in total. The molecule has 0 aliphatic heterocycles. The lowest BCUT2D eigenvalue weighted by Gasteiger charge is -2.31. The Labute approximate surface area is 216 Å². The van der Waals surface area contributed by atoms with Crippen molar-refractivity contribution in [3.05, 3.63) is 63.6 Å². The number of benzene rings is 2. The van der Waals surface area contributed by atoms with Crippen molar-refractivity contribution in [2.24, 2.45) is 0 Å². The minimum absolute atomic E-state index is 0.0713. The standard InChI is InChI=1S/C26H32Cl2N2O3S/c1-3-24(26(32)29-20-6-4-5-7-20)30(15-19-10-13-22(27)23(28)14-19)25(31)17-34-16-18-8-11-21(33-2)12-9-18/h8-14,20,24H,3-7,15-17H2,1-2H3,(H,29,32)/t24-/m1/s1. The zero-order chi connectivity index (χ0) is 24.5. The van der Waals surface area contributed by atoms with Gasteiger partial charge in [-0.2, -0.15) is 0 Å². The summed E-state index contributed by atoms with van der Waals surface area (Å²) in [7, 11) is 1.64. The van der Waals surface area contributed by atoms with Crippen molar-refractivity contribution in [1.82, 2.24) is 10.2 Å². The number of hydrogen-bond donors (Lipinski definition) is 1. The molecule has 0 aromatic heterocycles. The molecule has 2 aromatic carbocycles. The minimum atomic E-state index is -0.538. The van der Waals surface area contributed by atoms with Crippen LogP contribution in [0, 0.1) is 0 Å². The highest BCUT2D eigenvalue weighted by molar-refractivity contribution is 7.99. The van der Waals surface area contributed by atoms with Crippen LogP contribution in [0.2, 0.25) is 10.0 Å². The van der Waals surface area contributed by atoms with Gasteiger partial charge in [-0.3, -0.25) is 9.59 Å². The van der Waals surface area contributed by atoms with E-state index in [1.54, 1.807) is 24.1 Å². The quantitative estimate of drug-likeness (QED) is 0.387. The molecule has 0 saturated heterocycles. The largest absolute Gasteiger partial charge is 0.497 e. The number of nitrogens with one attached hydrogen (secondary N) is 1. The van der Waals surface area contributed by atoms with Crippen LogP contribution < -0.4 is 10.1 Å². The van der Waals surface area contributed by atoms with Gasteiger partial charge in [0.15, 0.2) is 0 Å². The number of methoxy groups -OCH3 is 1. The number of carbonyl (C=O) groups excluding carboxylic acids is 2. The molecule has 1 saturated carbocycles. The summed E-state index contributed by atoms with van der Waals surface area (Å²) in [5.41, 5.74) is 1.95. The fourth-order valence-corrected chi connectivity index (χ4v) is 5.37. The molecule has 1 aliphatic rings. The van der Waals surface area contributed by atoms with Gasteiger partial charge in [0, 0.05) is 18.3 Å². The van der Waals surface area contributed by atoms with E-state index in [1.807, 2.05) is 37.3 Å². The first kappa shape index (κ1) is 26.7. The first-order valence-electron chi connectivity index (χ1n) is 11.7. The lowest BCUT2D eigenvalue weighted by Crippen LogP contribution is -2.51. The van der Waals surface area contributed by atoms with E-state index in [4.69, 9.17) is 27.9 Å². The average Bonchev–Trinajstić information content (AvgIpc) is 3.34. The van der Waals surface area contributed by atoms with E-state index < -0.39 is 6.04 Å². The maximum Gasteiger partial charge on any atom is 0.243 e. The number of nitrogens with zero attached hydrogens (tertiary/aromatic N) is 1. The number of thioether (sulfide) groups is 1. The molecule has 0 heterocycles. The van der Waals surface area contributed by atoms with E-state index in [0.29, 0.717) is 28.8 Å². The maximum absolute atomic E-state index is 13.4. The second-order valence-corrected chi connectivity index (χ2v) is 10.3. The van der Waals surface area contributed by atoms with Gasteiger partial charge in [0.25, 0.3) is 0 Å². The van der Waals surface area contributed by atoms with Crippen molar-refractivity contribution < 1.29 is 14.3 Å². The summed E-state index contributed by atoms with van der Waals surface area (Å²) in [6, 6.07) is 12.8. The lowest BCUT2D eigenvalue weighted by molar-refractivity contribution is -0.139. The third kappa shape index (κ3) is 7.56. The van der Waals surface area contributed by atoms with Gasteiger partial charge in [0.05, 0.1) is 22.9 Å². The van der Waals surface area contributed by atoms with Gasteiger partial charge < -0.3 is 15.0 Å². The number of halogens is 2. The van der Waals surface area contributed by atoms with Crippen LogP contribution in [0.5, 0.6) is 5.75 Å². The van der Waals surface area contributed by atoms with Gasteiger partial charge in [-0.05, 0) is 54.7 Å². The molecule has 184 valence electrons. The highest BCUT2D eigenvalue weighted by Crippen LogP contribution is 2.25. The Hall–Kier alpha value is -1.89. The molecular formula is C26H32Cl2N2O3S. The summed E-state index contributed by atoms with van der Waals surface area (Å²) in [6.07, 6.45) is 4.81. The molecule has 2 amide bonds. The van der Waals surface area contributed by atoms with Crippen molar-refractivity contribution in [3.8, 4) is 5.75 Å². The topological polar surface area (TPSA) is 58.6 Å². The first-order chi connectivity index (χ1) is 16.4. The van der Waals surface area contributed by atoms with Gasteiger partial charge >= 0.3 is 0 Å². The van der Waals surface area contributed by atoms with Crippen LogP contribution >= 0.6 is 35.0 Å². The zero-order valence-corrected chi connectivity index (χ0v) is 22.0. The summed E-state index contributed by atoms with van der Waals surface area (Å²) in [5.74, 6) is 1.62. The molecule has 1 fully saturated rings. The number of rotatable bonds is 11. The summed E-state index contributed by atoms with van der Waals surface area (Å²) in [6.45, 7) is 2.24. The minimum Gasteiger partial charge on any atom is -0.497 e. The van der Waals surface area contributed by atoms with Gasteiger partial charge in [0.1, 0.15) is 11.8 Å². The monoisotopic (exact) mass is 522 g/mol. The summed E-state index contributed by atoms with van der Waals surface area (Å²) in [5, 5.41) is 4.06. The van der Waals surface area contributed by atoms with Crippen molar-refractivity contribution in [2.45, 2.75) is 63.4 Å². The van der Waals surface area contributed by atoms with E-state index >= 15 is 0 Å². The highest BCUT2D eigenvalue weighted by Gasteiger charge is 2.30. The Morgan fingerprint density at radius 1 is 1.09 bits per heavy atom. The van der Waals surface area contributed by atoms with Gasteiger partial charge in [-0.1, -0.05) is 61.2 Å². The molecule has 3 rings (SSSR count). The molecule has 8 heteroatoms. The van der Waals surface area contributed by atoms with Crippen LogP contribution in [0.4, 0.5) is 0 Å². The van der Waals surface area contributed by atoms with Crippen molar-refractivity contribution in [3.63, 3.8) is 0 Å². The number of ether oxygens (including phenoxy) is 1. The SMILES string of the molecule is CC[C@H](C(=O)NC1CCCC1)N(Cc1ccc(Cl)c(Cl)c1)C(=O)CSCc1ccc(OC)cc1. The molecule has 34 heavy (non-hydrogen) atoms. The molecule has 5 nitrogen and oxygen atoms in total. The normalized spacial score (nSPS) is 14.6. The van der Waals surface area contributed by atoms with Crippen LogP contribution in [0.15, 0.2) is 42.5 Å². The van der Waals surface area contributed by atoms with E-state index in [2.05, 4.69) is 5.32 Å². The second-order valence-electron chi connectivity index (χ2n) is 8.52. The number of hydrogen-bond acceptors (Lipinski definition) is 4. The second kappa shape index (κ2) is 13.3. The van der Waals surface area contributed by atoms with E-state index in [-0.39, 0.29) is 23.6 Å². The van der Waals surface area contributed by atoms with Gasteiger partial charge in [-0.25, -0.2) is 0 Å². The zero-order valence-electron chi connectivity index (χ0n) is 19.7. The molecule has 0 spiro atoms. The van der Waals surface area contributed by atoms with Crippen molar-refractivity contribution >= 4 is 46.8 Å². The van der Waals surface area contributed by atoms with Crippen LogP contribution in [-0.2, 0) is 21.9 Å². The Morgan fingerprint density at radius 2 is 1.76 bits per heavy atom. The summed E-state index contributed by atoms with van der Waals surface area (Å²) in [4.78, 5) is 28.2. The fraction of sp³-hybridized carbons (Fsp3) is 0.462. The Morgan fingerprint density at radius 3 is 2.38 bits per heavy atom. The predicted octanol–water partition coefficient (Wildman–Crippen LogP) is 6.10. The third-order valence-corrected chi connectivity index (χ3v) is 7.81. The lowest BCUT2D eigenvalue weighted by atomic mass is 10.1.